The number of fused-ring (bicyclic) bond motifs is 1. The molecule has 1 saturated heterocycles. The number of carbonyl (C=O) groups excluding carboxylic acids is 1. The molecule has 3 aromatic rings. The van der Waals surface area contributed by atoms with E-state index in [1.807, 2.05) is 29.2 Å². The Morgan fingerprint density at radius 3 is 2.63 bits per heavy atom. The molecule has 3 heterocycles. The Morgan fingerprint density at radius 2 is 1.89 bits per heavy atom. The summed E-state index contributed by atoms with van der Waals surface area (Å²) in [5.41, 5.74) is 2.42. The molecule has 0 spiro atoms. The Morgan fingerprint density at radius 1 is 1.15 bits per heavy atom. The van der Waals surface area contributed by atoms with E-state index in [0.29, 0.717) is 35.0 Å². The van der Waals surface area contributed by atoms with Crippen molar-refractivity contribution < 1.29 is 4.79 Å². The summed E-state index contributed by atoms with van der Waals surface area (Å²) >= 11 is 7.32. The molecule has 0 N–H and O–H groups in total. The maximum Gasteiger partial charge on any atom is 0.233 e. The van der Waals surface area contributed by atoms with Crippen LogP contribution in [0.1, 0.15) is 0 Å². The van der Waals surface area contributed by atoms with Gasteiger partial charge in [-0.2, -0.15) is 0 Å². The highest BCUT2D eigenvalue weighted by Gasteiger charge is 2.22. The Labute approximate surface area is 165 Å². The fraction of sp³-hybridized carbons (Fsp3) is 0.353. The number of amides is 1. The highest BCUT2D eigenvalue weighted by molar-refractivity contribution is 8.00. The number of aryl methyl sites for hydroxylation is 1. The quantitative estimate of drug-likeness (QED) is 0.485. The van der Waals surface area contributed by atoms with Crippen LogP contribution < -0.4 is 4.90 Å². The molecule has 1 amide bonds. The second-order valence-corrected chi connectivity index (χ2v) is 7.60. The van der Waals surface area contributed by atoms with Crippen molar-refractivity contribution in [2.24, 2.45) is 7.05 Å². The summed E-state index contributed by atoms with van der Waals surface area (Å²) < 4.78 is 1.60. The second-order valence-electron chi connectivity index (χ2n) is 6.20. The van der Waals surface area contributed by atoms with Crippen LogP contribution in [0.4, 0.5) is 5.69 Å². The van der Waals surface area contributed by atoms with Gasteiger partial charge in [-0.1, -0.05) is 28.6 Å². The molecule has 0 unspecified atom stereocenters. The van der Waals surface area contributed by atoms with Crippen molar-refractivity contribution in [3.05, 3.63) is 35.6 Å². The third-order valence-corrected chi connectivity index (χ3v) is 5.73. The third-order valence-electron chi connectivity index (χ3n) is 4.51. The monoisotopic (exact) mass is 403 g/mol. The largest absolute Gasteiger partial charge is 0.368 e. The van der Waals surface area contributed by atoms with Crippen molar-refractivity contribution in [2.45, 2.75) is 5.03 Å². The van der Waals surface area contributed by atoms with Gasteiger partial charge in [-0.3, -0.25) is 4.79 Å². The zero-order valence-corrected chi connectivity index (χ0v) is 16.3. The van der Waals surface area contributed by atoms with Gasteiger partial charge in [0, 0.05) is 43.9 Å². The average Bonchev–Trinajstić information content (AvgIpc) is 3.08. The highest BCUT2D eigenvalue weighted by atomic mass is 35.5. The minimum absolute atomic E-state index is 0.103. The van der Waals surface area contributed by atoms with Gasteiger partial charge in [-0.05, 0) is 24.3 Å². The SMILES string of the molecule is Cn1nnc2c(SCC(=O)N3CCN(c4ccc(Cl)cc4)CC3)ncnc21. The summed E-state index contributed by atoms with van der Waals surface area (Å²) in [7, 11) is 1.78. The van der Waals surface area contributed by atoms with E-state index in [-0.39, 0.29) is 5.91 Å². The Balaban J connectivity index is 1.33. The molecule has 1 aliphatic heterocycles. The van der Waals surface area contributed by atoms with Gasteiger partial charge >= 0.3 is 0 Å². The van der Waals surface area contributed by atoms with E-state index in [0.717, 1.165) is 23.8 Å². The van der Waals surface area contributed by atoms with Crippen LogP contribution in [0.3, 0.4) is 0 Å². The number of hydrogen-bond acceptors (Lipinski definition) is 7. The van der Waals surface area contributed by atoms with Crippen LogP contribution in [-0.4, -0.2) is 67.7 Å². The Kier molecular flexibility index (Phi) is 5.13. The van der Waals surface area contributed by atoms with Gasteiger partial charge < -0.3 is 9.80 Å². The maximum atomic E-state index is 12.6. The summed E-state index contributed by atoms with van der Waals surface area (Å²) in [6.07, 6.45) is 1.48. The van der Waals surface area contributed by atoms with Gasteiger partial charge in [0.1, 0.15) is 11.4 Å². The standard InChI is InChI=1S/C17H18ClN7OS/c1-23-16-15(21-22-23)17(20-11-19-16)27-10-14(26)25-8-6-24(7-9-25)13-4-2-12(18)3-5-13/h2-5,11H,6-10H2,1H3. The van der Waals surface area contributed by atoms with Crippen LogP contribution in [0.15, 0.2) is 35.6 Å². The number of piperazine rings is 1. The first-order chi connectivity index (χ1) is 13.1. The summed E-state index contributed by atoms with van der Waals surface area (Å²) in [5.74, 6) is 0.426. The van der Waals surface area contributed by atoms with Crippen molar-refractivity contribution >= 4 is 46.1 Å². The van der Waals surface area contributed by atoms with Gasteiger partial charge in [0.15, 0.2) is 11.2 Å². The number of hydrogen-bond donors (Lipinski definition) is 0. The van der Waals surface area contributed by atoms with Crippen molar-refractivity contribution in [1.29, 1.82) is 0 Å². The Hall–Kier alpha value is -2.39. The molecule has 0 bridgehead atoms. The molecule has 1 aliphatic rings. The number of nitrogens with zero attached hydrogens (tertiary/aromatic N) is 7. The lowest BCUT2D eigenvalue weighted by Crippen LogP contribution is -2.49. The molecule has 0 radical (unpaired) electrons. The highest BCUT2D eigenvalue weighted by Crippen LogP contribution is 2.23. The number of halogens is 1. The number of aromatic nitrogens is 5. The third kappa shape index (κ3) is 3.84. The van der Waals surface area contributed by atoms with E-state index in [1.165, 1.54) is 18.1 Å². The van der Waals surface area contributed by atoms with Crippen LogP contribution in [0.25, 0.3) is 11.2 Å². The predicted molar refractivity (Wildman–Crippen MR) is 105 cm³/mol. The van der Waals surface area contributed by atoms with Crippen molar-refractivity contribution in [1.82, 2.24) is 29.9 Å². The number of benzene rings is 1. The van der Waals surface area contributed by atoms with Crippen LogP contribution in [0.5, 0.6) is 0 Å². The average molecular weight is 404 g/mol. The lowest BCUT2D eigenvalue weighted by molar-refractivity contribution is -0.128. The molecule has 8 nitrogen and oxygen atoms in total. The summed E-state index contributed by atoms with van der Waals surface area (Å²) in [6.45, 7) is 3.01. The minimum atomic E-state index is 0.103. The molecule has 27 heavy (non-hydrogen) atoms. The molecule has 4 rings (SSSR count). The minimum Gasteiger partial charge on any atom is -0.368 e. The normalized spacial score (nSPS) is 14.7. The van der Waals surface area contributed by atoms with E-state index in [2.05, 4.69) is 25.2 Å². The topological polar surface area (TPSA) is 80.0 Å². The van der Waals surface area contributed by atoms with Crippen molar-refractivity contribution in [2.75, 3.05) is 36.8 Å². The zero-order valence-electron chi connectivity index (χ0n) is 14.7. The maximum absolute atomic E-state index is 12.6. The van der Waals surface area contributed by atoms with Gasteiger partial charge in [0.05, 0.1) is 5.75 Å². The number of rotatable bonds is 4. The van der Waals surface area contributed by atoms with E-state index < -0.39 is 0 Å². The first-order valence-corrected chi connectivity index (χ1v) is 9.89. The van der Waals surface area contributed by atoms with Gasteiger partial charge in [-0.25, -0.2) is 14.6 Å². The first kappa shape index (κ1) is 18.0. The zero-order chi connectivity index (χ0) is 18.8. The van der Waals surface area contributed by atoms with E-state index in [1.54, 1.807) is 11.7 Å². The molecule has 0 aliphatic carbocycles. The number of anilines is 1. The molecule has 1 aromatic carbocycles. The van der Waals surface area contributed by atoms with Crippen LogP contribution >= 0.6 is 23.4 Å². The molecule has 1 fully saturated rings. The predicted octanol–water partition coefficient (Wildman–Crippen LogP) is 1.85. The van der Waals surface area contributed by atoms with Crippen LogP contribution in [-0.2, 0) is 11.8 Å². The van der Waals surface area contributed by atoms with E-state index >= 15 is 0 Å². The molecular formula is C17H18ClN7OS. The molecule has 2 aromatic heterocycles. The first-order valence-electron chi connectivity index (χ1n) is 8.53. The Bertz CT molecular complexity index is 954. The van der Waals surface area contributed by atoms with Crippen molar-refractivity contribution in [3.8, 4) is 0 Å². The van der Waals surface area contributed by atoms with Gasteiger partial charge in [0.25, 0.3) is 0 Å². The summed E-state index contributed by atoms with van der Waals surface area (Å²) in [5, 5.41) is 9.45. The van der Waals surface area contributed by atoms with Crippen molar-refractivity contribution in [3.63, 3.8) is 0 Å². The summed E-state index contributed by atoms with van der Waals surface area (Å²) in [6, 6.07) is 7.80. The molecule has 10 heteroatoms. The number of thioether (sulfide) groups is 1. The molecule has 0 atom stereocenters. The van der Waals surface area contributed by atoms with Crippen LogP contribution in [0.2, 0.25) is 5.02 Å². The lowest BCUT2D eigenvalue weighted by atomic mass is 10.2. The second kappa shape index (κ2) is 7.69. The van der Waals surface area contributed by atoms with E-state index in [4.69, 9.17) is 11.6 Å². The lowest BCUT2D eigenvalue weighted by Gasteiger charge is -2.36. The van der Waals surface area contributed by atoms with E-state index in [9.17, 15) is 4.79 Å². The van der Waals surface area contributed by atoms with Gasteiger partial charge in [0.2, 0.25) is 5.91 Å². The smallest absolute Gasteiger partial charge is 0.233 e. The molecular weight excluding hydrogens is 386 g/mol. The fourth-order valence-corrected chi connectivity index (χ4v) is 3.98. The molecule has 140 valence electrons. The molecule has 0 saturated carbocycles. The van der Waals surface area contributed by atoms with Crippen LogP contribution in [0, 0.1) is 0 Å². The summed E-state index contributed by atoms with van der Waals surface area (Å²) in [4.78, 5) is 25.2. The van der Waals surface area contributed by atoms with Gasteiger partial charge in [-0.15, -0.1) is 5.10 Å². The fourth-order valence-electron chi connectivity index (χ4n) is 3.03. The number of carbonyl (C=O) groups is 1.